The molecule has 0 saturated carbocycles. The number of halogens is 1. The molecule has 0 aliphatic rings. The van der Waals surface area contributed by atoms with Crippen molar-refractivity contribution in [3.8, 4) is 0 Å². The average Bonchev–Trinajstić information content (AvgIpc) is 3.04. The number of rotatable bonds is 7. The van der Waals surface area contributed by atoms with Crippen molar-refractivity contribution >= 4 is 26.8 Å². The molecule has 1 aromatic carbocycles. The quantitative estimate of drug-likeness (QED) is 0.615. The zero-order valence-corrected chi connectivity index (χ0v) is 14.8. The van der Waals surface area contributed by atoms with Crippen LogP contribution < -0.4 is 4.72 Å². The summed E-state index contributed by atoms with van der Waals surface area (Å²) in [7, 11) is -3.47. The predicted octanol–water partition coefficient (Wildman–Crippen LogP) is 2.16. The van der Waals surface area contributed by atoms with Crippen molar-refractivity contribution in [2.75, 3.05) is 5.75 Å². The SMILES string of the molecule is CCCS(=O)(=O)NCc1cccc(C(=O)c2c[nH]c3ncncc23)c1F. The average molecular weight is 376 g/mol. The Bertz CT molecular complexity index is 1060. The number of carbonyl (C=O) groups is 1. The molecule has 0 atom stereocenters. The van der Waals surface area contributed by atoms with Crippen molar-refractivity contribution < 1.29 is 17.6 Å². The minimum Gasteiger partial charge on any atom is -0.345 e. The van der Waals surface area contributed by atoms with E-state index in [2.05, 4.69) is 19.7 Å². The monoisotopic (exact) mass is 376 g/mol. The van der Waals surface area contributed by atoms with E-state index in [-0.39, 0.29) is 29.0 Å². The maximum absolute atomic E-state index is 14.8. The van der Waals surface area contributed by atoms with Crippen LogP contribution in [0.15, 0.2) is 36.9 Å². The zero-order chi connectivity index (χ0) is 18.7. The van der Waals surface area contributed by atoms with Gasteiger partial charge < -0.3 is 4.98 Å². The number of aromatic amines is 1. The fourth-order valence-electron chi connectivity index (χ4n) is 2.61. The van der Waals surface area contributed by atoms with Crippen molar-refractivity contribution in [2.24, 2.45) is 0 Å². The van der Waals surface area contributed by atoms with Crippen molar-refractivity contribution in [2.45, 2.75) is 19.9 Å². The summed E-state index contributed by atoms with van der Waals surface area (Å²) in [5.41, 5.74) is 0.698. The molecule has 136 valence electrons. The number of benzene rings is 1. The van der Waals surface area contributed by atoms with E-state index in [0.717, 1.165) is 0 Å². The second-order valence-electron chi connectivity index (χ2n) is 5.74. The summed E-state index contributed by atoms with van der Waals surface area (Å²) >= 11 is 0. The molecular formula is C17H17FN4O3S. The van der Waals surface area contributed by atoms with E-state index < -0.39 is 21.6 Å². The molecule has 3 rings (SSSR count). The van der Waals surface area contributed by atoms with Gasteiger partial charge in [-0.15, -0.1) is 0 Å². The summed E-state index contributed by atoms with van der Waals surface area (Å²) < 4.78 is 40.6. The van der Waals surface area contributed by atoms with Crippen LogP contribution in [0.1, 0.15) is 34.8 Å². The van der Waals surface area contributed by atoms with E-state index in [0.29, 0.717) is 17.5 Å². The molecule has 0 bridgehead atoms. The van der Waals surface area contributed by atoms with Crippen LogP contribution in [0.4, 0.5) is 4.39 Å². The number of sulfonamides is 1. The minimum atomic E-state index is -3.47. The first-order valence-electron chi connectivity index (χ1n) is 7.99. The number of hydrogen-bond donors (Lipinski definition) is 2. The van der Waals surface area contributed by atoms with E-state index in [1.54, 1.807) is 6.92 Å². The number of nitrogens with zero attached hydrogens (tertiary/aromatic N) is 2. The van der Waals surface area contributed by atoms with Crippen LogP contribution in [0, 0.1) is 5.82 Å². The molecule has 7 nitrogen and oxygen atoms in total. The summed E-state index contributed by atoms with van der Waals surface area (Å²) in [5.74, 6) is -1.31. The van der Waals surface area contributed by atoms with Gasteiger partial charge in [0.05, 0.1) is 16.9 Å². The summed E-state index contributed by atoms with van der Waals surface area (Å²) in [6.45, 7) is 1.52. The predicted molar refractivity (Wildman–Crippen MR) is 94.6 cm³/mol. The number of aromatic nitrogens is 3. The van der Waals surface area contributed by atoms with E-state index in [1.807, 2.05) is 0 Å². The summed E-state index contributed by atoms with van der Waals surface area (Å²) in [6, 6.07) is 4.33. The number of nitrogens with one attached hydrogen (secondary N) is 2. The first-order valence-corrected chi connectivity index (χ1v) is 9.64. The number of ketones is 1. The molecule has 9 heteroatoms. The normalized spacial score (nSPS) is 11.8. The Morgan fingerprint density at radius 3 is 2.88 bits per heavy atom. The van der Waals surface area contributed by atoms with Gasteiger partial charge >= 0.3 is 0 Å². The number of fused-ring (bicyclic) bond motifs is 1. The van der Waals surface area contributed by atoms with Crippen LogP contribution in [-0.2, 0) is 16.6 Å². The van der Waals surface area contributed by atoms with E-state index in [4.69, 9.17) is 0 Å². The lowest BCUT2D eigenvalue weighted by Gasteiger charge is -2.09. The second kappa shape index (κ2) is 7.30. The Kier molecular flexibility index (Phi) is 5.10. The van der Waals surface area contributed by atoms with Gasteiger partial charge in [0.15, 0.2) is 5.78 Å². The topological polar surface area (TPSA) is 105 Å². The zero-order valence-electron chi connectivity index (χ0n) is 14.0. The lowest BCUT2D eigenvalue weighted by atomic mass is 10.0. The van der Waals surface area contributed by atoms with Crippen LogP contribution in [-0.4, -0.2) is 34.9 Å². The summed E-state index contributed by atoms with van der Waals surface area (Å²) in [5, 5.41) is 0.492. The molecule has 0 unspecified atom stereocenters. The molecule has 2 N–H and O–H groups in total. The molecule has 0 radical (unpaired) electrons. The van der Waals surface area contributed by atoms with Crippen molar-refractivity contribution in [3.05, 3.63) is 59.4 Å². The highest BCUT2D eigenvalue weighted by atomic mass is 32.2. The molecule has 0 fully saturated rings. The third-order valence-electron chi connectivity index (χ3n) is 3.88. The maximum atomic E-state index is 14.8. The standard InChI is InChI=1S/C17H17FN4O3S/c1-2-6-26(24,25)22-7-11-4-3-5-12(15(11)18)16(23)13-9-20-17-14(13)8-19-10-21-17/h3-5,8-10,22H,2,6-7H2,1H3,(H,19,20,21). The lowest BCUT2D eigenvalue weighted by molar-refractivity contribution is 0.103. The summed E-state index contributed by atoms with van der Waals surface area (Å²) in [6.07, 6.45) is 4.74. The van der Waals surface area contributed by atoms with Gasteiger partial charge in [0.25, 0.3) is 0 Å². The third kappa shape index (κ3) is 3.63. The minimum absolute atomic E-state index is 0.0391. The molecule has 2 aromatic heterocycles. The molecule has 0 aliphatic carbocycles. The Morgan fingerprint density at radius 1 is 1.31 bits per heavy atom. The Morgan fingerprint density at radius 2 is 2.12 bits per heavy atom. The van der Waals surface area contributed by atoms with Gasteiger partial charge in [-0.05, 0) is 12.5 Å². The molecule has 0 aliphatic heterocycles. The molecule has 2 heterocycles. The largest absolute Gasteiger partial charge is 0.345 e. The van der Waals surface area contributed by atoms with Crippen LogP contribution in [0.2, 0.25) is 0 Å². The first kappa shape index (κ1) is 18.2. The van der Waals surface area contributed by atoms with Crippen molar-refractivity contribution in [1.29, 1.82) is 0 Å². The van der Waals surface area contributed by atoms with Gasteiger partial charge in [-0.3, -0.25) is 4.79 Å². The number of H-pyrrole nitrogens is 1. The highest BCUT2D eigenvalue weighted by Gasteiger charge is 2.20. The fourth-order valence-corrected chi connectivity index (χ4v) is 3.67. The highest BCUT2D eigenvalue weighted by Crippen LogP contribution is 2.22. The molecular weight excluding hydrogens is 359 g/mol. The van der Waals surface area contributed by atoms with Gasteiger partial charge in [0, 0.05) is 29.9 Å². The van der Waals surface area contributed by atoms with Gasteiger partial charge in [0.2, 0.25) is 10.0 Å². The van der Waals surface area contributed by atoms with Crippen LogP contribution in [0.3, 0.4) is 0 Å². The smallest absolute Gasteiger partial charge is 0.211 e. The van der Waals surface area contributed by atoms with Gasteiger partial charge in [-0.2, -0.15) is 0 Å². The first-order chi connectivity index (χ1) is 12.4. The van der Waals surface area contributed by atoms with E-state index in [1.165, 1.54) is 36.9 Å². The molecule has 26 heavy (non-hydrogen) atoms. The van der Waals surface area contributed by atoms with E-state index >= 15 is 0 Å². The number of hydrogen-bond acceptors (Lipinski definition) is 5. The van der Waals surface area contributed by atoms with Gasteiger partial charge in [0.1, 0.15) is 17.8 Å². The van der Waals surface area contributed by atoms with E-state index in [9.17, 15) is 17.6 Å². The second-order valence-corrected chi connectivity index (χ2v) is 7.66. The maximum Gasteiger partial charge on any atom is 0.211 e. The van der Waals surface area contributed by atoms with Gasteiger partial charge in [-0.1, -0.05) is 19.1 Å². The van der Waals surface area contributed by atoms with Gasteiger partial charge in [-0.25, -0.2) is 27.5 Å². The molecule has 0 amide bonds. The van der Waals surface area contributed by atoms with Crippen molar-refractivity contribution in [3.63, 3.8) is 0 Å². The van der Waals surface area contributed by atoms with Crippen molar-refractivity contribution in [1.82, 2.24) is 19.7 Å². The van der Waals surface area contributed by atoms with Crippen LogP contribution in [0.5, 0.6) is 0 Å². The lowest BCUT2D eigenvalue weighted by Crippen LogP contribution is -2.26. The highest BCUT2D eigenvalue weighted by molar-refractivity contribution is 7.89. The van der Waals surface area contributed by atoms with Crippen LogP contribution in [0.25, 0.3) is 11.0 Å². The Hall–Kier alpha value is -2.65. The Labute approximate surface area is 149 Å². The molecule has 0 spiro atoms. The number of carbonyl (C=O) groups excluding carboxylic acids is 1. The fraction of sp³-hybridized carbons (Fsp3) is 0.235. The van der Waals surface area contributed by atoms with Crippen LogP contribution >= 0.6 is 0 Å². The molecule has 3 aromatic rings. The molecule has 0 saturated heterocycles. The Balaban J connectivity index is 1.90. The third-order valence-corrected chi connectivity index (χ3v) is 5.41. The summed E-state index contributed by atoms with van der Waals surface area (Å²) in [4.78, 5) is 23.5.